The molecule has 36 heavy (non-hydrogen) atoms. The van der Waals surface area contributed by atoms with Gasteiger partial charge in [-0.05, 0) is 54.4 Å². The topological polar surface area (TPSA) is 91.7 Å². The maximum absolute atomic E-state index is 13.6. The number of hydrogen-bond donors (Lipinski definition) is 1. The second-order valence-corrected chi connectivity index (χ2v) is 9.32. The quantitative estimate of drug-likeness (QED) is 0.331. The van der Waals surface area contributed by atoms with Gasteiger partial charge in [0.15, 0.2) is 0 Å². The molecule has 0 bridgehead atoms. The number of halogens is 1. The number of amides is 2. The Hall–Kier alpha value is -3.93. The molecule has 3 aromatic rings. The van der Waals surface area contributed by atoms with E-state index in [0.29, 0.717) is 34.3 Å². The Morgan fingerprint density at radius 1 is 1.06 bits per heavy atom. The zero-order chi connectivity index (χ0) is 25.7. The molecule has 7 nitrogen and oxygen atoms in total. The largest absolute Gasteiger partial charge is 0.497 e. The third-order valence-electron chi connectivity index (χ3n) is 5.55. The molecule has 0 radical (unpaired) electrons. The molecule has 1 aliphatic heterocycles. The van der Waals surface area contributed by atoms with E-state index < -0.39 is 11.2 Å². The van der Waals surface area contributed by atoms with Crippen molar-refractivity contribution in [2.45, 2.75) is 11.7 Å². The average molecular weight is 520 g/mol. The van der Waals surface area contributed by atoms with Crippen LogP contribution in [0.1, 0.15) is 5.56 Å². The summed E-state index contributed by atoms with van der Waals surface area (Å²) in [5.74, 6) is 0.171. The van der Waals surface area contributed by atoms with Crippen LogP contribution in [0.4, 0.5) is 11.4 Å². The van der Waals surface area contributed by atoms with Crippen LogP contribution in [-0.4, -0.2) is 31.3 Å². The molecule has 1 N–H and O–H groups in total. The van der Waals surface area contributed by atoms with Crippen LogP contribution in [0.2, 0.25) is 5.02 Å². The predicted octanol–water partition coefficient (Wildman–Crippen LogP) is 5.42. The minimum atomic E-state index is -0.644. The summed E-state index contributed by atoms with van der Waals surface area (Å²) in [5, 5.41) is 13.0. The minimum absolute atomic E-state index is 0.184. The molecule has 0 aromatic heterocycles. The molecule has 4 rings (SSSR count). The first-order chi connectivity index (χ1) is 17.5. The first-order valence-corrected chi connectivity index (χ1v) is 12.2. The van der Waals surface area contributed by atoms with Gasteiger partial charge in [-0.25, -0.2) is 0 Å². The smallest absolute Gasteiger partial charge is 0.269 e. The third kappa shape index (κ3) is 5.18. The van der Waals surface area contributed by atoms with Crippen LogP contribution in [0, 0.1) is 11.3 Å². The SMILES string of the molecule is COc1ccc(N2C(=O)C(Cc3ccccc3Cl)S/C2=C(/C#N)C(=O)Nc2ccccc2OC)cc1. The van der Waals surface area contributed by atoms with Gasteiger partial charge in [0.2, 0.25) is 5.91 Å². The molecule has 2 amide bonds. The standard InChI is InChI=1S/C27H22ClN3O4S/c1-34-19-13-11-18(12-14-19)31-26(33)24(15-17-7-3-4-8-21(17)28)36-27(31)20(16-29)25(32)30-22-9-5-6-10-23(22)35-2/h3-14,24H,15H2,1-2H3,(H,30,32)/b27-20-. The number of nitriles is 1. The van der Waals surface area contributed by atoms with E-state index in [2.05, 4.69) is 5.32 Å². The number of carbonyl (C=O) groups is 2. The highest BCUT2D eigenvalue weighted by atomic mass is 35.5. The number of methoxy groups -OCH3 is 2. The number of nitrogens with one attached hydrogen (secondary N) is 1. The zero-order valence-electron chi connectivity index (χ0n) is 19.5. The maximum atomic E-state index is 13.6. The minimum Gasteiger partial charge on any atom is -0.497 e. The maximum Gasteiger partial charge on any atom is 0.269 e. The van der Waals surface area contributed by atoms with Gasteiger partial charge in [-0.3, -0.25) is 14.5 Å². The summed E-state index contributed by atoms with van der Waals surface area (Å²) in [4.78, 5) is 28.3. The van der Waals surface area contributed by atoms with Gasteiger partial charge in [0.05, 0.1) is 25.2 Å². The molecule has 3 aromatic carbocycles. The Kier molecular flexibility index (Phi) is 7.84. The Morgan fingerprint density at radius 2 is 1.75 bits per heavy atom. The van der Waals surface area contributed by atoms with Crippen LogP contribution in [0.5, 0.6) is 11.5 Å². The van der Waals surface area contributed by atoms with Crippen LogP contribution < -0.4 is 19.7 Å². The van der Waals surface area contributed by atoms with Crippen molar-refractivity contribution < 1.29 is 19.1 Å². The zero-order valence-corrected chi connectivity index (χ0v) is 21.1. The molecule has 1 heterocycles. The summed E-state index contributed by atoms with van der Waals surface area (Å²) in [6.07, 6.45) is 0.339. The fraction of sp³-hybridized carbons (Fsp3) is 0.148. The fourth-order valence-electron chi connectivity index (χ4n) is 3.75. The molecule has 182 valence electrons. The number of anilines is 2. The predicted molar refractivity (Wildman–Crippen MR) is 141 cm³/mol. The summed E-state index contributed by atoms with van der Waals surface area (Å²) in [5.41, 5.74) is 1.55. The van der Waals surface area contributed by atoms with Crippen molar-refractivity contribution in [2.75, 3.05) is 24.4 Å². The lowest BCUT2D eigenvalue weighted by Crippen LogP contribution is -2.31. The molecule has 1 saturated heterocycles. The van der Waals surface area contributed by atoms with Gasteiger partial charge < -0.3 is 14.8 Å². The lowest BCUT2D eigenvalue weighted by atomic mass is 10.1. The van der Waals surface area contributed by atoms with Crippen molar-refractivity contribution in [2.24, 2.45) is 0 Å². The summed E-state index contributed by atoms with van der Waals surface area (Å²) in [7, 11) is 3.04. The van der Waals surface area contributed by atoms with Gasteiger partial charge in [0, 0.05) is 10.7 Å². The average Bonchev–Trinajstić information content (AvgIpc) is 3.21. The van der Waals surface area contributed by atoms with E-state index in [1.807, 2.05) is 24.3 Å². The monoisotopic (exact) mass is 519 g/mol. The van der Waals surface area contributed by atoms with Crippen LogP contribution in [0.25, 0.3) is 0 Å². The van der Waals surface area contributed by atoms with E-state index in [4.69, 9.17) is 21.1 Å². The van der Waals surface area contributed by atoms with Crippen molar-refractivity contribution in [1.82, 2.24) is 0 Å². The molecule has 9 heteroatoms. The fourth-order valence-corrected chi connectivity index (χ4v) is 5.26. The number of benzene rings is 3. The van der Waals surface area contributed by atoms with Crippen molar-refractivity contribution in [3.05, 3.63) is 94.0 Å². The molecule has 1 atom stereocenters. The van der Waals surface area contributed by atoms with Crippen LogP contribution in [0.3, 0.4) is 0 Å². The van der Waals surface area contributed by atoms with Gasteiger partial charge in [-0.1, -0.05) is 53.7 Å². The lowest BCUT2D eigenvalue weighted by molar-refractivity contribution is -0.117. The second-order valence-electron chi connectivity index (χ2n) is 7.72. The van der Waals surface area contributed by atoms with E-state index in [9.17, 15) is 14.9 Å². The van der Waals surface area contributed by atoms with Crippen molar-refractivity contribution in [1.29, 1.82) is 5.26 Å². The Morgan fingerprint density at radius 3 is 2.42 bits per heavy atom. The molecule has 0 spiro atoms. The summed E-state index contributed by atoms with van der Waals surface area (Å²) < 4.78 is 10.5. The molecule has 0 aliphatic carbocycles. The summed E-state index contributed by atoms with van der Waals surface area (Å²) in [6.45, 7) is 0. The molecule has 1 aliphatic rings. The Bertz CT molecular complexity index is 1370. The van der Waals surface area contributed by atoms with E-state index in [0.717, 1.165) is 5.56 Å². The van der Waals surface area contributed by atoms with Gasteiger partial charge in [0.25, 0.3) is 5.91 Å². The highest BCUT2D eigenvalue weighted by Crippen LogP contribution is 2.43. The van der Waals surface area contributed by atoms with Crippen molar-refractivity contribution in [3.63, 3.8) is 0 Å². The van der Waals surface area contributed by atoms with Gasteiger partial charge in [0.1, 0.15) is 28.2 Å². The lowest BCUT2D eigenvalue weighted by Gasteiger charge is -2.19. The highest BCUT2D eigenvalue weighted by Gasteiger charge is 2.41. The molecule has 1 fully saturated rings. The summed E-state index contributed by atoms with van der Waals surface area (Å²) >= 11 is 7.51. The molecule has 1 unspecified atom stereocenters. The van der Waals surface area contributed by atoms with Gasteiger partial charge >= 0.3 is 0 Å². The van der Waals surface area contributed by atoms with Crippen LogP contribution in [0.15, 0.2) is 83.4 Å². The Balaban J connectivity index is 1.75. The van der Waals surface area contributed by atoms with Gasteiger partial charge in [-0.2, -0.15) is 5.26 Å². The number of nitrogens with zero attached hydrogens (tertiary/aromatic N) is 2. The number of hydrogen-bond acceptors (Lipinski definition) is 6. The molecular weight excluding hydrogens is 498 g/mol. The normalized spacial score (nSPS) is 16.3. The number of thioether (sulfide) groups is 1. The first-order valence-electron chi connectivity index (χ1n) is 10.9. The third-order valence-corrected chi connectivity index (χ3v) is 7.19. The van der Waals surface area contributed by atoms with E-state index in [1.165, 1.54) is 23.8 Å². The molecular formula is C27H22ClN3O4S. The molecule has 0 saturated carbocycles. The van der Waals surface area contributed by atoms with E-state index in [1.54, 1.807) is 61.7 Å². The van der Waals surface area contributed by atoms with Crippen molar-refractivity contribution in [3.8, 4) is 17.6 Å². The van der Waals surface area contributed by atoms with Crippen LogP contribution >= 0.6 is 23.4 Å². The number of ether oxygens (including phenoxy) is 2. The summed E-state index contributed by atoms with van der Waals surface area (Å²) in [6, 6.07) is 23.0. The van der Waals surface area contributed by atoms with Crippen LogP contribution in [-0.2, 0) is 16.0 Å². The number of para-hydroxylation sites is 2. The van der Waals surface area contributed by atoms with Crippen molar-refractivity contribution >= 4 is 46.6 Å². The first kappa shape index (κ1) is 25.2. The van der Waals surface area contributed by atoms with E-state index in [-0.39, 0.29) is 16.5 Å². The van der Waals surface area contributed by atoms with E-state index >= 15 is 0 Å². The highest BCUT2D eigenvalue weighted by molar-refractivity contribution is 8.05. The number of rotatable bonds is 7. The Labute approximate surface area is 218 Å². The number of carbonyl (C=O) groups excluding carboxylic acids is 2. The van der Waals surface area contributed by atoms with Gasteiger partial charge in [-0.15, -0.1) is 0 Å². The second kappa shape index (κ2) is 11.2.